The summed E-state index contributed by atoms with van der Waals surface area (Å²) >= 11 is 0. The normalized spacial score (nSPS) is 10.3. The fraction of sp³-hybridized carbons (Fsp3) is 0.556. The fourth-order valence-electron chi connectivity index (χ4n) is 2.03. The Bertz CT molecular complexity index is 488. The molecule has 0 bridgehead atoms. The monoisotopic (exact) mass is 324 g/mol. The van der Waals surface area contributed by atoms with Gasteiger partial charge < -0.3 is 9.47 Å². The van der Waals surface area contributed by atoms with Crippen molar-refractivity contribution in [3.05, 3.63) is 30.1 Å². The summed E-state index contributed by atoms with van der Waals surface area (Å²) < 4.78 is 23.3. The molecule has 4 nitrogen and oxygen atoms in total. The van der Waals surface area contributed by atoms with Crippen LogP contribution in [0.1, 0.15) is 58.3 Å². The zero-order valence-corrected chi connectivity index (χ0v) is 13.7. The van der Waals surface area contributed by atoms with Crippen LogP contribution in [-0.2, 0) is 14.3 Å². The molecule has 0 atom stereocenters. The third kappa shape index (κ3) is 8.96. The minimum Gasteiger partial charge on any atom is -0.466 e. The number of hydrogen-bond acceptors (Lipinski definition) is 4. The fourth-order valence-corrected chi connectivity index (χ4v) is 2.03. The van der Waals surface area contributed by atoms with Gasteiger partial charge in [0.25, 0.3) is 0 Å². The molecule has 1 aromatic carbocycles. The zero-order valence-electron chi connectivity index (χ0n) is 13.7. The highest BCUT2D eigenvalue weighted by molar-refractivity contribution is 5.72. The minimum absolute atomic E-state index is 0.0658. The Morgan fingerprint density at radius 2 is 1.65 bits per heavy atom. The summed E-state index contributed by atoms with van der Waals surface area (Å²) in [6.07, 6.45) is 5.79. The molecule has 23 heavy (non-hydrogen) atoms. The summed E-state index contributed by atoms with van der Waals surface area (Å²) in [6.45, 7) is 2.59. The van der Waals surface area contributed by atoms with E-state index in [9.17, 15) is 14.0 Å². The molecule has 5 heteroatoms. The first-order chi connectivity index (χ1) is 11.1. The number of para-hydroxylation sites is 1. The largest absolute Gasteiger partial charge is 0.466 e. The number of carbonyl (C=O) groups is 2. The number of esters is 2. The highest BCUT2D eigenvalue weighted by atomic mass is 19.1. The van der Waals surface area contributed by atoms with Crippen molar-refractivity contribution in [3.63, 3.8) is 0 Å². The lowest BCUT2D eigenvalue weighted by Gasteiger charge is -2.06. The van der Waals surface area contributed by atoms with Gasteiger partial charge in [-0.25, -0.2) is 4.39 Å². The number of rotatable bonds is 11. The molecule has 0 aliphatic carbocycles. The maximum Gasteiger partial charge on any atom is 0.311 e. The van der Waals surface area contributed by atoms with Crippen molar-refractivity contribution in [2.45, 2.75) is 58.3 Å². The van der Waals surface area contributed by atoms with Gasteiger partial charge in [0.05, 0.1) is 6.61 Å². The smallest absolute Gasteiger partial charge is 0.311 e. The van der Waals surface area contributed by atoms with Gasteiger partial charge in [-0.3, -0.25) is 9.59 Å². The van der Waals surface area contributed by atoms with Crippen molar-refractivity contribution in [1.82, 2.24) is 0 Å². The lowest BCUT2D eigenvalue weighted by molar-refractivity contribution is -0.144. The van der Waals surface area contributed by atoms with Crippen LogP contribution in [0, 0.1) is 5.82 Å². The first-order valence-corrected chi connectivity index (χ1v) is 8.24. The van der Waals surface area contributed by atoms with Gasteiger partial charge in [-0.15, -0.1) is 0 Å². The van der Waals surface area contributed by atoms with Crippen molar-refractivity contribution >= 4 is 11.9 Å². The lowest BCUT2D eigenvalue weighted by atomic mass is 10.2. The van der Waals surface area contributed by atoms with E-state index < -0.39 is 11.8 Å². The molecule has 0 saturated carbocycles. The van der Waals surface area contributed by atoms with Crippen molar-refractivity contribution in [2.24, 2.45) is 0 Å². The Morgan fingerprint density at radius 3 is 2.35 bits per heavy atom. The summed E-state index contributed by atoms with van der Waals surface area (Å²) in [6, 6.07) is 5.77. The van der Waals surface area contributed by atoms with E-state index in [0.29, 0.717) is 25.9 Å². The number of halogens is 1. The molecular formula is C18H25FO4. The Balaban J connectivity index is 2.07. The van der Waals surface area contributed by atoms with Crippen LogP contribution in [0.3, 0.4) is 0 Å². The first-order valence-electron chi connectivity index (χ1n) is 8.24. The van der Waals surface area contributed by atoms with Crippen LogP contribution in [0.25, 0.3) is 0 Å². The quantitative estimate of drug-likeness (QED) is 0.343. The van der Waals surface area contributed by atoms with Gasteiger partial charge in [-0.05, 0) is 31.4 Å². The molecule has 0 spiro atoms. The summed E-state index contributed by atoms with van der Waals surface area (Å²) in [5, 5.41) is 0. The molecule has 1 rings (SSSR count). The zero-order chi connectivity index (χ0) is 16.9. The van der Waals surface area contributed by atoms with E-state index in [0.717, 1.165) is 25.7 Å². The average Bonchev–Trinajstić information content (AvgIpc) is 2.53. The van der Waals surface area contributed by atoms with Gasteiger partial charge in [0.15, 0.2) is 11.6 Å². The lowest BCUT2D eigenvalue weighted by Crippen LogP contribution is -2.10. The number of benzene rings is 1. The van der Waals surface area contributed by atoms with E-state index >= 15 is 0 Å². The Kier molecular flexibility index (Phi) is 9.68. The van der Waals surface area contributed by atoms with Crippen molar-refractivity contribution in [3.8, 4) is 5.75 Å². The summed E-state index contributed by atoms with van der Waals surface area (Å²) in [5.41, 5.74) is 0. The number of ether oxygens (including phenoxy) is 2. The SMILES string of the molecule is CCCCCCOC(=O)CCCCC(=O)Oc1ccccc1F. The van der Waals surface area contributed by atoms with E-state index in [1.807, 2.05) is 0 Å². The van der Waals surface area contributed by atoms with E-state index in [-0.39, 0.29) is 18.1 Å². The maximum absolute atomic E-state index is 13.3. The molecule has 0 heterocycles. The van der Waals surface area contributed by atoms with Crippen LogP contribution in [0.15, 0.2) is 24.3 Å². The van der Waals surface area contributed by atoms with E-state index in [2.05, 4.69) is 6.92 Å². The van der Waals surface area contributed by atoms with Crippen LogP contribution < -0.4 is 4.74 Å². The van der Waals surface area contributed by atoms with Crippen molar-refractivity contribution in [1.29, 1.82) is 0 Å². The van der Waals surface area contributed by atoms with E-state index in [1.165, 1.54) is 18.2 Å². The minimum atomic E-state index is -0.562. The highest BCUT2D eigenvalue weighted by Gasteiger charge is 2.09. The predicted octanol–water partition coefficient (Wildman–Crippen LogP) is 4.42. The number of unbranched alkanes of at least 4 members (excludes halogenated alkanes) is 4. The molecule has 0 aliphatic heterocycles. The summed E-state index contributed by atoms with van der Waals surface area (Å²) in [7, 11) is 0. The van der Waals surface area contributed by atoms with Crippen LogP contribution in [0.2, 0.25) is 0 Å². The number of hydrogen-bond donors (Lipinski definition) is 0. The van der Waals surface area contributed by atoms with Crippen molar-refractivity contribution < 1.29 is 23.5 Å². The molecule has 0 aromatic heterocycles. The summed E-state index contributed by atoms with van der Waals surface area (Å²) in [5.74, 6) is -1.36. The third-order valence-corrected chi connectivity index (χ3v) is 3.33. The predicted molar refractivity (Wildman–Crippen MR) is 85.6 cm³/mol. The van der Waals surface area contributed by atoms with Crippen LogP contribution in [0.4, 0.5) is 4.39 Å². The second-order valence-electron chi connectivity index (χ2n) is 5.39. The molecule has 0 saturated heterocycles. The molecular weight excluding hydrogens is 299 g/mol. The standard InChI is InChI=1S/C18H25FO4/c1-2-3-4-9-14-22-17(20)12-7-8-13-18(21)23-16-11-6-5-10-15(16)19/h5-6,10-11H,2-4,7-9,12-14H2,1H3. The van der Waals surface area contributed by atoms with Crippen molar-refractivity contribution in [2.75, 3.05) is 6.61 Å². The van der Waals surface area contributed by atoms with Crippen LogP contribution >= 0.6 is 0 Å². The number of carbonyl (C=O) groups excluding carboxylic acids is 2. The molecule has 0 amide bonds. The topological polar surface area (TPSA) is 52.6 Å². The maximum atomic E-state index is 13.3. The van der Waals surface area contributed by atoms with Gasteiger partial charge >= 0.3 is 11.9 Å². The van der Waals surface area contributed by atoms with E-state index in [1.54, 1.807) is 6.07 Å². The second kappa shape index (κ2) is 11.6. The Labute approximate surface area is 137 Å². The molecule has 0 aliphatic rings. The van der Waals surface area contributed by atoms with Gasteiger partial charge in [-0.2, -0.15) is 0 Å². The summed E-state index contributed by atoms with van der Waals surface area (Å²) in [4.78, 5) is 23.0. The first kappa shape index (κ1) is 19.1. The molecule has 1 aromatic rings. The second-order valence-corrected chi connectivity index (χ2v) is 5.39. The van der Waals surface area contributed by atoms with Gasteiger partial charge in [0.1, 0.15) is 0 Å². The Hall–Kier alpha value is -1.91. The molecule has 0 fully saturated rings. The molecule has 0 N–H and O–H groups in total. The van der Waals surface area contributed by atoms with Crippen LogP contribution in [0.5, 0.6) is 5.75 Å². The third-order valence-electron chi connectivity index (χ3n) is 3.33. The van der Waals surface area contributed by atoms with Gasteiger partial charge in [-0.1, -0.05) is 38.3 Å². The molecule has 128 valence electrons. The van der Waals surface area contributed by atoms with E-state index in [4.69, 9.17) is 9.47 Å². The highest BCUT2D eigenvalue weighted by Crippen LogP contribution is 2.16. The average molecular weight is 324 g/mol. The van der Waals surface area contributed by atoms with Crippen LogP contribution in [-0.4, -0.2) is 18.5 Å². The van der Waals surface area contributed by atoms with Gasteiger partial charge in [0, 0.05) is 12.8 Å². The van der Waals surface area contributed by atoms with Gasteiger partial charge in [0.2, 0.25) is 0 Å². The molecule has 0 unspecified atom stereocenters. The Morgan fingerprint density at radius 1 is 0.957 bits per heavy atom. The molecule has 0 radical (unpaired) electrons.